The van der Waals surface area contributed by atoms with E-state index in [0.29, 0.717) is 18.4 Å². The van der Waals surface area contributed by atoms with E-state index < -0.39 is 0 Å². The average Bonchev–Trinajstić information content (AvgIpc) is 2.90. The van der Waals surface area contributed by atoms with Crippen molar-refractivity contribution in [1.82, 2.24) is 15.5 Å². The normalized spacial score (nSPS) is 19.1. The van der Waals surface area contributed by atoms with E-state index in [-0.39, 0.29) is 24.0 Å². The maximum Gasteiger partial charge on any atom is 0.222 e. The fourth-order valence-electron chi connectivity index (χ4n) is 3.44. The third kappa shape index (κ3) is 10.8. The molecule has 164 valence electrons. The Morgan fingerprint density at radius 1 is 1.21 bits per heavy atom. The molecule has 8 heteroatoms. The number of rotatable bonds is 10. The number of ether oxygens (including phenoxy) is 2. The largest absolute Gasteiger partial charge is 0.381 e. The predicted octanol–water partition coefficient (Wildman–Crippen LogP) is 2.54. The number of carbonyl (C=O) groups excluding carboxylic acids is 1. The lowest BCUT2D eigenvalue weighted by Crippen LogP contribution is -2.38. The summed E-state index contributed by atoms with van der Waals surface area (Å²) in [4.78, 5) is 18.7. The lowest BCUT2D eigenvalue weighted by Gasteiger charge is -2.22. The summed E-state index contributed by atoms with van der Waals surface area (Å²) < 4.78 is 11.2. The molecule has 28 heavy (non-hydrogen) atoms. The molecular formula is C20H39IN4O3. The maximum atomic E-state index is 12.0. The molecule has 0 aliphatic carbocycles. The predicted molar refractivity (Wildman–Crippen MR) is 123 cm³/mol. The first kappa shape index (κ1) is 25.4. The Hall–Kier alpha value is -0.610. The molecule has 0 aromatic heterocycles. The molecule has 2 saturated heterocycles. The molecule has 0 aromatic rings. The summed E-state index contributed by atoms with van der Waals surface area (Å²) in [6.45, 7) is 8.64. The molecule has 0 saturated carbocycles. The van der Waals surface area contributed by atoms with E-state index in [9.17, 15) is 4.79 Å². The van der Waals surface area contributed by atoms with Crippen molar-refractivity contribution in [2.45, 2.75) is 64.4 Å². The summed E-state index contributed by atoms with van der Waals surface area (Å²) in [5.41, 5.74) is 0. The van der Waals surface area contributed by atoms with Gasteiger partial charge in [-0.05, 0) is 45.4 Å². The molecule has 2 fully saturated rings. The molecule has 2 heterocycles. The minimum absolute atomic E-state index is 0. The van der Waals surface area contributed by atoms with Crippen LogP contribution in [0.25, 0.3) is 0 Å². The van der Waals surface area contributed by atoms with Crippen molar-refractivity contribution in [3.63, 3.8) is 0 Å². The molecular weight excluding hydrogens is 471 g/mol. The Balaban J connectivity index is 0.00000392. The van der Waals surface area contributed by atoms with Gasteiger partial charge in [0.15, 0.2) is 5.96 Å². The number of nitrogens with one attached hydrogen (secondary N) is 2. The quantitative estimate of drug-likeness (QED) is 0.205. The summed E-state index contributed by atoms with van der Waals surface area (Å²) in [6.07, 6.45) is 8.32. The van der Waals surface area contributed by atoms with E-state index in [1.165, 1.54) is 6.42 Å². The third-order valence-electron chi connectivity index (χ3n) is 5.01. The minimum Gasteiger partial charge on any atom is -0.381 e. The highest BCUT2D eigenvalue weighted by Crippen LogP contribution is 2.11. The van der Waals surface area contributed by atoms with Gasteiger partial charge in [0.1, 0.15) is 0 Å². The standard InChI is InChI=1S/C20H38N4O3.HI/c1-2-21-20(23-12-7-15-27-18-9-16-26-17-10-18)22-11-6-14-24-13-5-3-4-8-19(24)25;/h18H,2-17H2,1H3,(H2,21,22,23);1H. The average molecular weight is 510 g/mol. The maximum absolute atomic E-state index is 12.0. The van der Waals surface area contributed by atoms with Gasteiger partial charge < -0.3 is 25.0 Å². The van der Waals surface area contributed by atoms with Crippen molar-refractivity contribution in [2.75, 3.05) is 52.5 Å². The molecule has 0 radical (unpaired) electrons. The van der Waals surface area contributed by atoms with E-state index in [2.05, 4.69) is 22.5 Å². The molecule has 0 bridgehead atoms. The molecule has 7 nitrogen and oxygen atoms in total. The van der Waals surface area contributed by atoms with Crippen LogP contribution in [0.1, 0.15) is 58.3 Å². The molecule has 2 aliphatic rings. The summed E-state index contributed by atoms with van der Waals surface area (Å²) >= 11 is 0. The van der Waals surface area contributed by atoms with E-state index in [4.69, 9.17) is 9.47 Å². The first-order valence-electron chi connectivity index (χ1n) is 10.8. The first-order chi connectivity index (χ1) is 13.3. The second kappa shape index (κ2) is 16.2. The van der Waals surface area contributed by atoms with Gasteiger partial charge in [0.25, 0.3) is 0 Å². The van der Waals surface area contributed by atoms with E-state index in [1.807, 2.05) is 4.90 Å². The van der Waals surface area contributed by atoms with Gasteiger partial charge in [-0.2, -0.15) is 0 Å². The van der Waals surface area contributed by atoms with Crippen molar-refractivity contribution in [3.8, 4) is 0 Å². The number of nitrogens with zero attached hydrogens (tertiary/aromatic N) is 2. The Morgan fingerprint density at radius 2 is 2.04 bits per heavy atom. The Labute approximate surface area is 187 Å². The molecule has 0 spiro atoms. The van der Waals surface area contributed by atoms with Crippen LogP contribution < -0.4 is 10.6 Å². The number of aliphatic imine (C=N–C) groups is 1. The molecule has 2 rings (SSSR count). The van der Waals surface area contributed by atoms with Crippen molar-refractivity contribution < 1.29 is 14.3 Å². The summed E-state index contributed by atoms with van der Waals surface area (Å²) in [7, 11) is 0. The number of amides is 1. The minimum atomic E-state index is 0. The van der Waals surface area contributed by atoms with Crippen LogP contribution in [0.15, 0.2) is 4.99 Å². The van der Waals surface area contributed by atoms with Gasteiger partial charge in [-0.3, -0.25) is 9.79 Å². The summed E-state index contributed by atoms with van der Waals surface area (Å²) in [5.74, 6) is 1.16. The Bertz CT molecular complexity index is 445. The topological polar surface area (TPSA) is 75.2 Å². The number of guanidine groups is 1. The van der Waals surface area contributed by atoms with Gasteiger partial charge in [0, 0.05) is 59.0 Å². The number of halogens is 1. The Kier molecular flexibility index (Phi) is 14.7. The molecule has 1 amide bonds. The molecule has 0 aromatic carbocycles. The lowest BCUT2D eigenvalue weighted by molar-refractivity contribution is -0.130. The Morgan fingerprint density at radius 3 is 2.82 bits per heavy atom. The van der Waals surface area contributed by atoms with Gasteiger partial charge in [0.2, 0.25) is 5.91 Å². The van der Waals surface area contributed by atoms with Gasteiger partial charge in [-0.1, -0.05) is 6.42 Å². The van der Waals surface area contributed by atoms with Gasteiger partial charge in [-0.15, -0.1) is 24.0 Å². The van der Waals surface area contributed by atoms with Crippen LogP contribution in [0.3, 0.4) is 0 Å². The lowest BCUT2D eigenvalue weighted by atomic mass is 10.1. The highest BCUT2D eigenvalue weighted by atomic mass is 127. The SMILES string of the molecule is CCNC(=NCCCN1CCCCCC1=O)NCCCOC1CCOCC1.I. The molecule has 2 aliphatic heterocycles. The first-order valence-corrected chi connectivity index (χ1v) is 10.8. The molecule has 2 N–H and O–H groups in total. The number of carbonyl (C=O) groups is 1. The zero-order chi connectivity index (χ0) is 19.2. The second-order valence-corrected chi connectivity index (χ2v) is 7.27. The van der Waals surface area contributed by atoms with Gasteiger partial charge >= 0.3 is 0 Å². The van der Waals surface area contributed by atoms with Gasteiger partial charge in [-0.25, -0.2) is 0 Å². The van der Waals surface area contributed by atoms with Gasteiger partial charge in [0.05, 0.1) is 6.10 Å². The molecule has 0 atom stereocenters. The highest BCUT2D eigenvalue weighted by Gasteiger charge is 2.15. The number of hydrogen-bond donors (Lipinski definition) is 2. The smallest absolute Gasteiger partial charge is 0.222 e. The van der Waals surface area contributed by atoms with Crippen LogP contribution in [0.2, 0.25) is 0 Å². The molecule has 0 unspecified atom stereocenters. The fraction of sp³-hybridized carbons (Fsp3) is 0.900. The monoisotopic (exact) mass is 510 g/mol. The van der Waals surface area contributed by atoms with E-state index in [1.54, 1.807) is 0 Å². The van der Waals surface area contributed by atoms with Crippen LogP contribution in [0.4, 0.5) is 0 Å². The zero-order valence-corrected chi connectivity index (χ0v) is 19.7. The summed E-state index contributed by atoms with van der Waals surface area (Å²) in [5, 5.41) is 6.65. The highest BCUT2D eigenvalue weighted by molar-refractivity contribution is 14.0. The van der Waals surface area contributed by atoms with Crippen LogP contribution >= 0.6 is 24.0 Å². The summed E-state index contributed by atoms with van der Waals surface area (Å²) in [6, 6.07) is 0. The zero-order valence-electron chi connectivity index (χ0n) is 17.4. The van der Waals surface area contributed by atoms with Crippen LogP contribution in [-0.4, -0.2) is 75.4 Å². The van der Waals surface area contributed by atoms with Crippen LogP contribution in [0, 0.1) is 0 Å². The van der Waals surface area contributed by atoms with E-state index in [0.717, 1.165) is 97.0 Å². The second-order valence-electron chi connectivity index (χ2n) is 7.27. The third-order valence-corrected chi connectivity index (χ3v) is 5.01. The van der Waals surface area contributed by atoms with Crippen molar-refractivity contribution >= 4 is 35.8 Å². The van der Waals surface area contributed by atoms with Crippen LogP contribution in [-0.2, 0) is 14.3 Å². The fourth-order valence-corrected chi connectivity index (χ4v) is 3.44. The van der Waals surface area contributed by atoms with Crippen LogP contribution in [0.5, 0.6) is 0 Å². The number of likely N-dealkylation sites (tertiary alicyclic amines) is 1. The van der Waals surface area contributed by atoms with Crippen molar-refractivity contribution in [2.24, 2.45) is 4.99 Å². The van der Waals surface area contributed by atoms with E-state index >= 15 is 0 Å². The van der Waals surface area contributed by atoms with Crippen molar-refractivity contribution in [1.29, 1.82) is 0 Å². The van der Waals surface area contributed by atoms with Crippen molar-refractivity contribution in [3.05, 3.63) is 0 Å². The number of hydrogen-bond acceptors (Lipinski definition) is 4.